The molecule has 1 N–H and O–H groups in total. The Kier molecular flexibility index (Phi) is 5.64. The van der Waals surface area contributed by atoms with Crippen molar-refractivity contribution in [3.05, 3.63) is 23.4 Å². The summed E-state index contributed by atoms with van der Waals surface area (Å²) in [5.74, 6) is -1.45. The molecule has 1 aliphatic rings. The first-order chi connectivity index (χ1) is 9.47. The molecule has 0 aliphatic carbocycles. The Morgan fingerprint density at radius 3 is 2.60 bits per heavy atom. The second kappa shape index (κ2) is 7.22. The van der Waals surface area contributed by atoms with Gasteiger partial charge in [0.1, 0.15) is 5.70 Å². The molecule has 7 nitrogen and oxygen atoms in total. The standard InChI is InChI=1S/C13H16N2O5/c1-8(16)15-10(12(17)19-2)5-4-9-6-11(14-7-9)13(18)20-3/h4-5,7,11H,6H2,1-3H3,(H,15,16)/b9-4+,10-5+. The largest absolute Gasteiger partial charge is 0.467 e. The molecule has 1 aliphatic heterocycles. The summed E-state index contributed by atoms with van der Waals surface area (Å²) in [6, 6.07) is -0.554. The van der Waals surface area contributed by atoms with Crippen LogP contribution < -0.4 is 5.32 Å². The Morgan fingerprint density at radius 2 is 2.05 bits per heavy atom. The molecule has 0 aromatic carbocycles. The van der Waals surface area contributed by atoms with Crippen LogP contribution >= 0.6 is 0 Å². The number of carbonyl (C=O) groups excluding carboxylic acids is 3. The first kappa shape index (κ1) is 15.6. The molecule has 1 unspecified atom stereocenters. The van der Waals surface area contributed by atoms with E-state index in [9.17, 15) is 14.4 Å². The maximum Gasteiger partial charge on any atom is 0.354 e. The third-order valence-corrected chi connectivity index (χ3v) is 2.50. The fraction of sp³-hybridized carbons (Fsp3) is 0.385. The second-order valence-corrected chi connectivity index (χ2v) is 4.02. The molecule has 1 heterocycles. The summed E-state index contributed by atoms with van der Waals surface area (Å²) < 4.78 is 9.14. The Balaban J connectivity index is 2.80. The van der Waals surface area contributed by atoms with Crippen LogP contribution in [0, 0.1) is 0 Å². The highest BCUT2D eigenvalue weighted by atomic mass is 16.5. The fourth-order valence-electron chi connectivity index (χ4n) is 1.56. The van der Waals surface area contributed by atoms with Gasteiger partial charge in [-0.15, -0.1) is 0 Å². The van der Waals surface area contributed by atoms with Crippen LogP contribution in [0.1, 0.15) is 13.3 Å². The van der Waals surface area contributed by atoms with Gasteiger partial charge in [-0.1, -0.05) is 6.08 Å². The maximum absolute atomic E-state index is 11.4. The summed E-state index contributed by atoms with van der Waals surface area (Å²) in [5.41, 5.74) is 0.759. The number of methoxy groups -OCH3 is 2. The lowest BCUT2D eigenvalue weighted by Gasteiger charge is -2.05. The van der Waals surface area contributed by atoms with Gasteiger partial charge in [-0.3, -0.25) is 9.79 Å². The molecule has 0 aromatic rings. The zero-order valence-corrected chi connectivity index (χ0v) is 11.5. The number of carbonyl (C=O) groups is 3. The summed E-state index contributed by atoms with van der Waals surface area (Å²) >= 11 is 0. The van der Waals surface area contributed by atoms with E-state index < -0.39 is 18.0 Å². The van der Waals surface area contributed by atoms with E-state index in [4.69, 9.17) is 0 Å². The Morgan fingerprint density at radius 1 is 1.35 bits per heavy atom. The molecule has 0 saturated heterocycles. The Hall–Kier alpha value is -2.44. The minimum absolute atomic E-state index is 0.0161. The number of nitrogens with one attached hydrogen (secondary N) is 1. The van der Waals surface area contributed by atoms with Crippen LogP contribution in [0.15, 0.2) is 28.4 Å². The van der Waals surface area contributed by atoms with E-state index in [0.717, 1.165) is 5.57 Å². The van der Waals surface area contributed by atoms with Gasteiger partial charge in [-0.2, -0.15) is 0 Å². The molecule has 0 aromatic heterocycles. The van der Waals surface area contributed by atoms with E-state index in [2.05, 4.69) is 19.8 Å². The summed E-state index contributed by atoms with van der Waals surface area (Å²) in [4.78, 5) is 37.7. The number of aliphatic imine (C=N–C) groups is 1. The lowest BCUT2D eigenvalue weighted by molar-refractivity contribution is -0.142. The fourth-order valence-corrected chi connectivity index (χ4v) is 1.56. The average molecular weight is 280 g/mol. The monoisotopic (exact) mass is 280 g/mol. The van der Waals surface area contributed by atoms with Crippen molar-refractivity contribution in [2.75, 3.05) is 14.2 Å². The van der Waals surface area contributed by atoms with Crippen LogP contribution in [0.5, 0.6) is 0 Å². The zero-order valence-electron chi connectivity index (χ0n) is 11.5. The van der Waals surface area contributed by atoms with Gasteiger partial charge in [0.2, 0.25) is 5.91 Å². The van der Waals surface area contributed by atoms with Gasteiger partial charge in [0, 0.05) is 19.6 Å². The molecule has 1 atom stereocenters. The van der Waals surface area contributed by atoms with Crippen molar-refractivity contribution in [2.45, 2.75) is 19.4 Å². The maximum atomic E-state index is 11.4. The van der Waals surface area contributed by atoms with Crippen molar-refractivity contribution < 1.29 is 23.9 Å². The number of hydrogen-bond donors (Lipinski definition) is 1. The molecule has 108 valence electrons. The summed E-state index contributed by atoms with van der Waals surface area (Å²) in [6.45, 7) is 1.29. The zero-order chi connectivity index (χ0) is 15.1. The molecule has 1 rings (SSSR count). The third-order valence-electron chi connectivity index (χ3n) is 2.50. The Labute approximate surface area is 116 Å². The minimum Gasteiger partial charge on any atom is -0.467 e. The molecule has 0 fully saturated rings. The van der Waals surface area contributed by atoms with E-state index >= 15 is 0 Å². The number of nitrogens with zero attached hydrogens (tertiary/aromatic N) is 1. The summed E-state index contributed by atoms with van der Waals surface area (Å²) in [7, 11) is 2.51. The van der Waals surface area contributed by atoms with Crippen LogP contribution in [0.3, 0.4) is 0 Å². The van der Waals surface area contributed by atoms with Crippen molar-refractivity contribution in [3.63, 3.8) is 0 Å². The minimum atomic E-state index is -0.656. The van der Waals surface area contributed by atoms with E-state index in [-0.39, 0.29) is 11.6 Å². The van der Waals surface area contributed by atoms with Gasteiger partial charge < -0.3 is 14.8 Å². The average Bonchev–Trinajstić information content (AvgIpc) is 2.90. The highest BCUT2D eigenvalue weighted by molar-refractivity contribution is 5.94. The topological polar surface area (TPSA) is 94.1 Å². The molecule has 0 radical (unpaired) electrons. The van der Waals surface area contributed by atoms with Crippen molar-refractivity contribution >= 4 is 24.1 Å². The first-order valence-corrected chi connectivity index (χ1v) is 5.85. The first-order valence-electron chi connectivity index (χ1n) is 5.85. The predicted octanol–water partition coefficient (Wildman–Crippen LogP) is 0.122. The van der Waals surface area contributed by atoms with E-state index in [0.29, 0.717) is 6.42 Å². The van der Waals surface area contributed by atoms with Gasteiger partial charge in [-0.25, -0.2) is 9.59 Å². The van der Waals surface area contributed by atoms with Crippen LogP contribution in [0.25, 0.3) is 0 Å². The highest BCUT2D eigenvalue weighted by Gasteiger charge is 2.22. The van der Waals surface area contributed by atoms with Crippen LogP contribution in [0.4, 0.5) is 0 Å². The molecular weight excluding hydrogens is 264 g/mol. The molecule has 0 spiro atoms. The molecular formula is C13H16N2O5. The molecule has 0 saturated carbocycles. The molecule has 20 heavy (non-hydrogen) atoms. The van der Waals surface area contributed by atoms with Gasteiger partial charge in [0.15, 0.2) is 6.04 Å². The van der Waals surface area contributed by atoms with Gasteiger partial charge in [-0.05, 0) is 11.6 Å². The number of rotatable bonds is 4. The smallest absolute Gasteiger partial charge is 0.354 e. The van der Waals surface area contributed by atoms with Crippen LogP contribution in [-0.4, -0.2) is 44.3 Å². The SMILES string of the molecule is COC(=O)/C(=C\C=C1\C=NC(C(=O)OC)C1)NC(C)=O. The number of ether oxygens (including phenoxy) is 2. The highest BCUT2D eigenvalue weighted by Crippen LogP contribution is 2.16. The van der Waals surface area contributed by atoms with Gasteiger partial charge >= 0.3 is 11.9 Å². The van der Waals surface area contributed by atoms with Crippen molar-refractivity contribution in [3.8, 4) is 0 Å². The quantitative estimate of drug-likeness (QED) is 0.583. The summed E-state index contributed by atoms with van der Waals surface area (Å²) in [5, 5.41) is 2.37. The lowest BCUT2D eigenvalue weighted by Crippen LogP contribution is -2.25. The predicted molar refractivity (Wildman–Crippen MR) is 70.9 cm³/mol. The second-order valence-electron chi connectivity index (χ2n) is 4.02. The number of esters is 2. The molecule has 7 heteroatoms. The van der Waals surface area contributed by atoms with E-state index in [1.165, 1.54) is 33.4 Å². The van der Waals surface area contributed by atoms with Gasteiger partial charge in [0.05, 0.1) is 14.2 Å². The van der Waals surface area contributed by atoms with Gasteiger partial charge in [0.25, 0.3) is 0 Å². The summed E-state index contributed by atoms with van der Waals surface area (Å²) in [6.07, 6.45) is 4.92. The number of amides is 1. The van der Waals surface area contributed by atoms with Crippen molar-refractivity contribution in [2.24, 2.45) is 4.99 Å². The van der Waals surface area contributed by atoms with E-state index in [1.807, 2.05) is 0 Å². The number of allylic oxidation sites excluding steroid dienone is 2. The van der Waals surface area contributed by atoms with Crippen molar-refractivity contribution in [1.82, 2.24) is 5.32 Å². The molecule has 1 amide bonds. The number of hydrogen-bond acceptors (Lipinski definition) is 6. The lowest BCUT2D eigenvalue weighted by atomic mass is 10.1. The third kappa shape index (κ3) is 4.34. The van der Waals surface area contributed by atoms with E-state index in [1.54, 1.807) is 6.08 Å². The Bertz CT molecular complexity index is 505. The van der Waals surface area contributed by atoms with Crippen LogP contribution in [0.2, 0.25) is 0 Å². The van der Waals surface area contributed by atoms with Crippen molar-refractivity contribution in [1.29, 1.82) is 0 Å². The normalized spacial score (nSPS) is 19.9. The van der Waals surface area contributed by atoms with Crippen LogP contribution in [-0.2, 0) is 23.9 Å². The molecule has 0 bridgehead atoms.